The third-order valence-corrected chi connectivity index (χ3v) is 3.39. The van der Waals surface area contributed by atoms with E-state index in [-0.39, 0.29) is 11.9 Å². The number of rotatable bonds is 8. The highest BCUT2D eigenvalue weighted by Crippen LogP contribution is 2.32. The Hall–Kier alpha value is -2.53. The lowest BCUT2D eigenvalue weighted by molar-refractivity contribution is 0.0950. The number of carbonyl (C=O) groups is 1. The van der Waals surface area contributed by atoms with Crippen molar-refractivity contribution in [3.05, 3.63) is 54.1 Å². The summed E-state index contributed by atoms with van der Waals surface area (Å²) in [6, 6.07) is 14.6. The Morgan fingerprint density at radius 2 is 1.71 bits per heavy atom. The Bertz CT molecular complexity index is 671. The first kappa shape index (κ1) is 17.8. The highest BCUT2D eigenvalue weighted by Gasteiger charge is 2.14. The van der Waals surface area contributed by atoms with E-state index < -0.39 is 0 Å². The van der Waals surface area contributed by atoms with Crippen LogP contribution >= 0.6 is 0 Å². The lowest BCUT2D eigenvalue weighted by atomic mass is 10.1. The SMILES string of the molecule is CCOc1ccccc1Oc1ccccc1C(=O)NCCC(C)N. The molecular formula is C19H24N2O3. The zero-order chi connectivity index (χ0) is 17.4. The fraction of sp³-hybridized carbons (Fsp3) is 0.316. The minimum atomic E-state index is -0.180. The van der Waals surface area contributed by atoms with E-state index in [4.69, 9.17) is 15.2 Å². The summed E-state index contributed by atoms with van der Waals surface area (Å²) in [5.41, 5.74) is 6.18. The molecule has 3 N–H and O–H groups in total. The predicted molar refractivity (Wildman–Crippen MR) is 94.7 cm³/mol. The fourth-order valence-electron chi connectivity index (χ4n) is 2.18. The Labute approximate surface area is 142 Å². The average Bonchev–Trinajstić information content (AvgIpc) is 2.57. The second-order valence-electron chi connectivity index (χ2n) is 5.50. The first-order valence-corrected chi connectivity index (χ1v) is 8.14. The Morgan fingerprint density at radius 3 is 2.38 bits per heavy atom. The summed E-state index contributed by atoms with van der Waals surface area (Å²) < 4.78 is 11.5. The average molecular weight is 328 g/mol. The highest BCUT2D eigenvalue weighted by molar-refractivity contribution is 5.97. The molecule has 128 valence electrons. The molecule has 1 unspecified atom stereocenters. The summed E-state index contributed by atoms with van der Waals surface area (Å²) in [6.07, 6.45) is 0.724. The Morgan fingerprint density at radius 1 is 1.08 bits per heavy atom. The van der Waals surface area contributed by atoms with Crippen LogP contribution in [0.4, 0.5) is 0 Å². The van der Waals surface area contributed by atoms with Crippen molar-refractivity contribution >= 4 is 5.91 Å². The van der Waals surface area contributed by atoms with Crippen molar-refractivity contribution in [1.29, 1.82) is 0 Å². The first-order valence-electron chi connectivity index (χ1n) is 8.14. The standard InChI is InChI=1S/C19H24N2O3/c1-3-23-17-10-6-7-11-18(17)24-16-9-5-4-8-15(16)19(22)21-13-12-14(2)20/h4-11,14H,3,12-13,20H2,1-2H3,(H,21,22). The Balaban J connectivity index is 2.16. The lowest BCUT2D eigenvalue weighted by Crippen LogP contribution is -2.29. The van der Waals surface area contributed by atoms with E-state index in [0.29, 0.717) is 36.0 Å². The summed E-state index contributed by atoms with van der Waals surface area (Å²) in [4.78, 5) is 12.4. The molecule has 0 heterocycles. The monoisotopic (exact) mass is 328 g/mol. The van der Waals surface area contributed by atoms with Gasteiger partial charge in [-0.05, 0) is 44.5 Å². The maximum Gasteiger partial charge on any atom is 0.255 e. The number of ether oxygens (including phenoxy) is 2. The quantitative estimate of drug-likeness (QED) is 0.779. The summed E-state index contributed by atoms with van der Waals surface area (Å²) in [7, 11) is 0. The fourth-order valence-corrected chi connectivity index (χ4v) is 2.18. The molecule has 5 nitrogen and oxygen atoms in total. The van der Waals surface area contributed by atoms with Crippen LogP contribution in [-0.2, 0) is 0 Å². The van der Waals surface area contributed by atoms with Gasteiger partial charge < -0.3 is 20.5 Å². The third kappa shape index (κ3) is 4.99. The van der Waals surface area contributed by atoms with Crippen LogP contribution in [0.2, 0.25) is 0 Å². The zero-order valence-corrected chi connectivity index (χ0v) is 14.1. The highest BCUT2D eigenvalue weighted by atomic mass is 16.5. The van der Waals surface area contributed by atoms with E-state index in [1.807, 2.05) is 50.2 Å². The van der Waals surface area contributed by atoms with Gasteiger partial charge in [-0.25, -0.2) is 0 Å². The van der Waals surface area contributed by atoms with E-state index in [1.54, 1.807) is 12.1 Å². The molecular weight excluding hydrogens is 304 g/mol. The van der Waals surface area contributed by atoms with Crippen molar-refractivity contribution in [3.8, 4) is 17.2 Å². The number of para-hydroxylation sites is 3. The lowest BCUT2D eigenvalue weighted by Gasteiger charge is -2.14. The molecule has 24 heavy (non-hydrogen) atoms. The van der Waals surface area contributed by atoms with Crippen LogP contribution in [0.3, 0.4) is 0 Å². The molecule has 1 atom stereocenters. The van der Waals surface area contributed by atoms with Crippen molar-refractivity contribution in [2.45, 2.75) is 26.3 Å². The second kappa shape index (κ2) is 8.93. The molecule has 5 heteroatoms. The van der Waals surface area contributed by atoms with Gasteiger partial charge in [-0.3, -0.25) is 4.79 Å². The van der Waals surface area contributed by atoms with Gasteiger partial charge >= 0.3 is 0 Å². The molecule has 0 spiro atoms. The molecule has 0 aliphatic rings. The smallest absolute Gasteiger partial charge is 0.255 e. The first-order chi connectivity index (χ1) is 11.6. The minimum absolute atomic E-state index is 0.0508. The zero-order valence-electron chi connectivity index (χ0n) is 14.1. The summed E-state index contributed by atoms with van der Waals surface area (Å²) >= 11 is 0. The Kier molecular flexibility index (Phi) is 6.63. The molecule has 2 aromatic rings. The number of amides is 1. The normalized spacial score (nSPS) is 11.6. The van der Waals surface area contributed by atoms with Crippen LogP contribution in [0.1, 0.15) is 30.6 Å². The maximum atomic E-state index is 12.4. The number of nitrogens with two attached hydrogens (primary N) is 1. The van der Waals surface area contributed by atoms with Gasteiger partial charge in [0.1, 0.15) is 5.75 Å². The topological polar surface area (TPSA) is 73.6 Å². The molecule has 0 radical (unpaired) electrons. The van der Waals surface area contributed by atoms with Crippen LogP contribution in [0, 0.1) is 0 Å². The predicted octanol–water partition coefficient (Wildman–Crippen LogP) is 3.34. The number of hydrogen-bond donors (Lipinski definition) is 2. The van der Waals surface area contributed by atoms with Crippen molar-refractivity contribution in [3.63, 3.8) is 0 Å². The molecule has 0 bridgehead atoms. The third-order valence-electron chi connectivity index (χ3n) is 3.39. The number of benzene rings is 2. The van der Waals surface area contributed by atoms with Gasteiger partial charge in [0.2, 0.25) is 0 Å². The van der Waals surface area contributed by atoms with Crippen molar-refractivity contribution in [1.82, 2.24) is 5.32 Å². The van der Waals surface area contributed by atoms with Crippen LogP contribution in [0.5, 0.6) is 17.2 Å². The number of carbonyl (C=O) groups excluding carboxylic acids is 1. The van der Waals surface area contributed by atoms with E-state index in [2.05, 4.69) is 5.32 Å². The molecule has 0 aromatic heterocycles. The maximum absolute atomic E-state index is 12.4. The van der Waals surface area contributed by atoms with Crippen molar-refractivity contribution < 1.29 is 14.3 Å². The van der Waals surface area contributed by atoms with E-state index in [0.717, 1.165) is 6.42 Å². The van der Waals surface area contributed by atoms with Gasteiger partial charge in [0, 0.05) is 12.6 Å². The van der Waals surface area contributed by atoms with Crippen LogP contribution in [0.15, 0.2) is 48.5 Å². The van der Waals surface area contributed by atoms with Gasteiger partial charge in [0.25, 0.3) is 5.91 Å². The summed E-state index contributed by atoms with van der Waals surface area (Å²) in [5.74, 6) is 1.53. The van der Waals surface area contributed by atoms with Gasteiger partial charge in [-0.2, -0.15) is 0 Å². The number of hydrogen-bond acceptors (Lipinski definition) is 4. The summed E-state index contributed by atoms with van der Waals surface area (Å²) in [5, 5.41) is 2.87. The summed E-state index contributed by atoms with van der Waals surface area (Å²) in [6.45, 7) is 4.89. The number of nitrogens with one attached hydrogen (secondary N) is 1. The minimum Gasteiger partial charge on any atom is -0.490 e. The molecule has 0 aliphatic heterocycles. The van der Waals surface area contributed by atoms with Gasteiger partial charge in [0.15, 0.2) is 11.5 Å². The molecule has 2 rings (SSSR count). The molecule has 2 aromatic carbocycles. The second-order valence-corrected chi connectivity index (χ2v) is 5.50. The van der Waals surface area contributed by atoms with Crippen LogP contribution in [-0.4, -0.2) is 25.1 Å². The molecule has 0 saturated carbocycles. The van der Waals surface area contributed by atoms with Gasteiger partial charge in [-0.1, -0.05) is 24.3 Å². The molecule has 0 fully saturated rings. The van der Waals surface area contributed by atoms with Gasteiger partial charge in [0.05, 0.1) is 12.2 Å². The van der Waals surface area contributed by atoms with Crippen LogP contribution < -0.4 is 20.5 Å². The van der Waals surface area contributed by atoms with E-state index in [1.165, 1.54) is 0 Å². The van der Waals surface area contributed by atoms with E-state index >= 15 is 0 Å². The van der Waals surface area contributed by atoms with Crippen molar-refractivity contribution in [2.75, 3.05) is 13.2 Å². The molecule has 0 aliphatic carbocycles. The largest absolute Gasteiger partial charge is 0.490 e. The molecule has 0 saturated heterocycles. The van der Waals surface area contributed by atoms with Crippen LogP contribution in [0.25, 0.3) is 0 Å². The van der Waals surface area contributed by atoms with Gasteiger partial charge in [-0.15, -0.1) is 0 Å². The van der Waals surface area contributed by atoms with E-state index in [9.17, 15) is 4.79 Å². The molecule has 1 amide bonds. The van der Waals surface area contributed by atoms with Crippen molar-refractivity contribution in [2.24, 2.45) is 5.73 Å².